The van der Waals surface area contributed by atoms with Crippen molar-refractivity contribution in [2.75, 3.05) is 5.75 Å². The van der Waals surface area contributed by atoms with Crippen LogP contribution in [-0.4, -0.2) is 30.1 Å². The standard InChI is InChI=1S/C24H25F3N4O3S/c1-4-31-22(13-20(29-31)15-34-21-10-8-17(14-28)9-11-21)18-6-5-7-19(12-18)23(2,3)30-35(32,33)16-24(25,26)27/h5-13,30H,4,15-16H2,1-3H3. The van der Waals surface area contributed by atoms with Crippen LogP contribution in [0, 0.1) is 11.3 Å². The van der Waals surface area contributed by atoms with Crippen molar-refractivity contribution in [2.45, 2.75) is 45.6 Å². The average Bonchev–Trinajstić information content (AvgIpc) is 3.19. The van der Waals surface area contributed by atoms with Crippen LogP contribution in [0.15, 0.2) is 54.6 Å². The maximum Gasteiger partial charge on any atom is 0.404 e. The van der Waals surface area contributed by atoms with Gasteiger partial charge in [-0.15, -0.1) is 0 Å². The van der Waals surface area contributed by atoms with Crippen LogP contribution in [0.5, 0.6) is 5.75 Å². The van der Waals surface area contributed by atoms with Crippen LogP contribution in [-0.2, 0) is 28.7 Å². The van der Waals surface area contributed by atoms with Gasteiger partial charge >= 0.3 is 6.18 Å². The molecule has 35 heavy (non-hydrogen) atoms. The lowest BCUT2D eigenvalue weighted by Crippen LogP contribution is -2.44. The largest absolute Gasteiger partial charge is 0.487 e. The van der Waals surface area contributed by atoms with Crippen LogP contribution >= 0.6 is 0 Å². The summed E-state index contributed by atoms with van der Waals surface area (Å²) in [6.07, 6.45) is -4.84. The fraction of sp³-hybridized carbons (Fsp3) is 0.333. The first kappa shape index (κ1) is 26.2. The minimum atomic E-state index is -4.84. The molecule has 0 atom stereocenters. The smallest absolute Gasteiger partial charge is 0.404 e. The number of nitriles is 1. The summed E-state index contributed by atoms with van der Waals surface area (Å²) < 4.78 is 71.7. The maximum atomic E-state index is 12.7. The summed E-state index contributed by atoms with van der Waals surface area (Å²) in [6, 6.07) is 17.5. The van der Waals surface area contributed by atoms with Crippen LogP contribution in [0.2, 0.25) is 0 Å². The number of nitrogens with one attached hydrogen (secondary N) is 1. The highest BCUT2D eigenvalue weighted by Gasteiger charge is 2.38. The molecule has 0 spiro atoms. The second kappa shape index (κ2) is 10.1. The molecule has 1 heterocycles. The molecule has 0 radical (unpaired) electrons. The zero-order valence-electron chi connectivity index (χ0n) is 19.4. The van der Waals surface area contributed by atoms with E-state index in [0.717, 1.165) is 11.3 Å². The Hall–Kier alpha value is -3.36. The summed E-state index contributed by atoms with van der Waals surface area (Å²) in [5.74, 6) is -1.36. The SMILES string of the molecule is CCn1nc(COc2ccc(C#N)cc2)cc1-c1cccc(C(C)(C)NS(=O)(=O)CC(F)(F)F)c1. The van der Waals surface area contributed by atoms with Gasteiger partial charge in [0.15, 0.2) is 5.75 Å². The number of ether oxygens (including phenoxy) is 1. The molecule has 2 aromatic carbocycles. The topological polar surface area (TPSA) is 97.0 Å². The Morgan fingerprint density at radius 2 is 1.80 bits per heavy atom. The first-order valence-corrected chi connectivity index (χ1v) is 12.4. The number of nitrogens with zero attached hydrogens (tertiary/aromatic N) is 3. The Labute approximate surface area is 202 Å². The molecule has 3 rings (SSSR count). The van der Waals surface area contributed by atoms with Crippen molar-refractivity contribution in [3.8, 4) is 23.1 Å². The maximum absolute atomic E-state index is 12.7. The molecule has 1 N–H and O–H groups in total. The van der Waals surface area contributed by atoms with E-state index in [0.29, 0.717) is 29.1 Å². The van der Waals surface area contributed by atoms with Gasteiger partial charge in [0.25, 0.3) is 0 Å². The normalized spacial score (nSPS) is 12.4. The number of halogens is 3. The summed E-state index contributed by atoms with van der Waals surface area (Å²) >= 11 is 0. The van der Waals surface area contributed by atoms with Crippen LogP contribution in [0.3, 0.4) is 0 Å². The number of benzene rings is 2. The highest BCUT2D eigenvalue weighted by atomic mass is 32.2. The molecule has 0 aliphatic heterocycles. The third kappa shape index (κ3) is 7.07. The molecule has 0 amide bonds. The molecular formula is C24H25F3N4O3S. The first-order valence-electron chi connectivity index (χ1n) is 10.7. The zero-order chi connectivity index (χ0) is 25.9. The van der Waals surface area contributed by atoms with Crippen LogP contribution in [0.25, 0.3) is 11.3 Å². The van der Waals surface area contributed by atoms with E-state index in [4.69, 9.17) is 10.00 Å². The van der Waals surface area contributed by atoms with Gasteiger partial charge in [0.2, 0.25) is 10.0 Å². The van der Waals surface area contributed by atoms with E-state index in [1.54, 1.807) is 47.1 Å². The summed E-state index contributed by atoms with van der Waals surface area (Å²) in [5, 5.41) is 13.4. The molecule has 0 aliphatic carbocycles. The molecule has 0 saturated carbocycles. The predicted octanol–water partition coefficient (Wildman–Crippen LogP) is 4.74. The van der Waals surface area contributed by atoms with E-state index >= 15 is 0 Å². The third-order valence-corrected chi connectivity index (χ3v) is 6.67. The lowest BCUT2D eigenvalue weighted by atomic mass is 9.93. The van der Waals surface area contributed by atoms with E-state index in [2.05, 4.69) is 9.82 Å². The van der Waals surface area contributed by atoms with Crippen LogP contribution in [0.1, 0.15) is 37.6 Å². The van der Waals surface area contributed by atoms with Crippen molar-refractivity contribution in [3.05, 3.63) is 71.4 Å². The number of hydrogen-bond donors (Lipinski definition) is 1. The zero-order valence-corrected chi connectivity index (χ0v) is 20.2. The van der Waals surface area contributed by atoms with E-state index in [9.17, 15) is 21.6 Å². The second-order valence-corrected chi connectivity index (χ2v) is 10.2. The van der Waals surface area contributed by atoms with E-state index in [1.807, 2.05) is 25.1 Å². The number of aromatic nitrogens is 2. The molecule has 3 aromatic rings. The van der Waals surface area contributed by atoms with Crippen molar-refractivity contribution < 1.29 is 26.3 Å². The number of sulfonamides is 1. The van der Waals surface area contributed by atoms with Gasteiger partial charge in [0.05, 0.1) is 22.9 Å². The van der Waals surface area contributed by atoms with Crippen LogP contribution in [0.4, 0.5) is 13.2 Å². The number of aryl methyl sites for hydroxylation is 1. The van der Waals surface area contributed by atoms with Crippen molar-refractivity contribution in [2.24, 2.45) is 0 Å². The first-order chi connectivity index (χ1) is 16.3. The summed E-state index contributed by atoms with van der Waals surface area (Å²) in [7, 11) is -4.60. The summed E-state index contributed by atoms with van der Waals surface area (Å²) in [4.78, 5) is 0. The van der Waals surface area contributed by atoms with Gasteiger partial charge in [-0.1, -0.05) is 18.2 Å². The van der Waals surface area contributed by atoms with E-state index in [-0.39, 0.29) is 6.61 Å². The minimum Gasteiger partial charge on any atom is -0.487 e. The lowest BCUT2D eigenvalue weighted by Gasteiger charge is -2.27. The van der Waals surface area contributed by atoms with Gasteiger partial charge in [-0.3, -0.25) is 4.68 Å². The van der Waals surface area contributed by atoms with Crippen molar-refractivity contribution in [1.82, 2.24) is 14.5 Å². The monoisotopic (exact) mass is 506 g/mol. The molecular weight excluding hydrogens is 481 g/mol. The van der Waals surface area contributed by atoms with Gasteiger partial charge in [-0.25, -0.2) is 13.1 Å². The van der Waals surface area contributed by atoms with Crippen LogP contribution < -0.4 is 9.46 Å². The molecule has 7 nitrogen and oxygen atoms in total. The molecule has 0 bridgehead atoms. The molecule has 0 saturated heterocycles. The summed E-state index contributed by atoms with van der Waals surface area (Å²) in [5.41, 5.74) is 1.88. The van der Waals surface area contributed by atoms with Gasteiger partial charge < -0.3 is 4.74 Å². The number of rotatable bonds is 9. The van der Waals surface area contributed by atoms with E-state index < -0.39 is 27.5 Å². The Bertz CT molecular complexity index is 1330. The molecule has 0 unspecified atom stereocenters. The minimum absolute atomic E-state index is 0.189. The van der Waals surface area contributed by atoms with Gasteiger partial charge in [-0.05, 0) is 62.7 Å². The summed E-state index contributed by atoms with van der Waals surface area (Å²) in [6.45, 7) is 5.68. The molecule has 0 fully saturated rings. The second-order valence-electron chi connectivity index (χ2n) is 8.44. The third-order valence-electron chi connectivity index (χ3n) is 5.14. The number of hydrogen-bond acceptors (Lipinski definition) is 5. The predicted molar refractivity (Wildman–Crippen MR) is 125 cm³/mol. The average molecular weight is 507 g/mol. The molecule has 186 valence electrons. The van der Waals surface area contributed by atoms with Crippen molar-refractivity contribution in [3.63, 3.8) is 0 Å². The van der Waals surface area contributed by atoms with E-state index in [1.165, 1.54) is 13.8 Å². The van der Waals surface area contributed by atoms with Gasteiger partial charge in [-0.2, -0.15) is 23.5 Å². The molecule has 0 aliphatic rings. The quantitative estimate of drug-likeness (QED) is 0.452. The fourth-order valence-corrected chi connectivity index (χ4v) is 4.96. The fourth-order valence-electron chi connectivity index (χ4n) is 3.56. The van der Waals surface area contributed by atoms with Gasteiger partial charge in [0.1, 0.15) is 18.1 Å². The highest BCUT2D eigenvalue weighted by Crippen LogP contribution is 2.29. The van der Waals surface area contributed by atoms with Crippen molar-refractivity contribution in [1.29, 1.82) is 5.26 Å². The lowest BCUT2D eigenvalue weighted by molar-refractivity contribution is -0.106. The Morgan fingerprint density at radius 3 is 2.40 bits per heavy atom. The van der Waals surface area contributed by atoms with Crippen molar-refractivity contribution >= 4 is 10.0 Å². The molecule has 11 heteroatoms. The Morgan fingerprint density at radius 1 is 1.11 bits per heavy atom. The Balaban J connectivity index is 1.82. The van der Waals surface area contributed by atoms with Gasteiger partial charge in [0, 0.05) is 12.1 Å². The Kier molecular flexibility index (Phi) is 7.57. The highest BCUT2D eigenvalue weighted by molar-refractivity contribution is 7.89. The number of alkyl halides is 3. The molecule has 1 aromatic heterocycles.